The molecule has 0 saturated carbocycles. The Kier molecular flexibility index (Phi) is 7.47. The van der Waals surface area contributed by atoms with E-state index in [4.69, 9.17) is 15.9 Å². The maximum Gasteiger partial charge on any atom is 0.415 e. The molecular weight excluding hydrogens is 336 g/mol. The van der Waals surface area contributed by atoms with Gasteiger partial charge in [-0.1, -0.05) is 5.92 Å². The average Bonchev–Trinajstić information content (AvgIpc) is 2.55. The molecule has 0 spiro atoms. The number of hydrogen-bond donors (Lipinski definition) is 2. The Bertz CT molecular complexity index is 686. The van der Waals surface area contributed by atoms with Crippen molar-refractivity contribution in [3.63, 3.8) is 0 Å². The van der Waals surface area contributed by atoms with Crippen LogP contribution in [0.25, 0.3) is 0 Å². The van der Waals surface area contributed by atoms with E-state index in [0.29, 0.717) is 17.0 Å². The fourth-order valence-electron chi connectivity index (χ4n) is 2.04. The Balaban J connectivity index is 3.14. The first-order chi connectivity index (χ1) is 12.1. The molecule has 2 N–H and O–H groups in total. The molecule has 7 heteroatoms. The van der Waals surface area contributed by atoms with Crippen LogP contribution in [0.4, 0.5) is 10.5 Å². The second-order valence-corrected chi connectivity index (χ2v) is 6.72. The highest BCUT2D eigenvalue weighted by molar-refractivity contribution is 5.97. The molecule has 142 valence electrons. The highest BCUT2D eigenvalue weighted by atomic mass is 16.6. The molecule has 0 heterocycles. The Hall–Kier alpha value is -2.72. The van der Waals surface area contributed by atoms with Gasteiger partial charge in [-0.05, 0) is 45.9 Å². The molecule has 0 aromatic heterocycles. The van der Waals surface area contributed by atoms with Crippen molar-refractivity contribution in [2.75, 3.05) is 25.1 Å². The second-order valence-electron chi connectivity index (χ2n) is 6.72. The molecule has 0 saturated heterocycles. The van der Waals surface area contributed by atoms with Gasteiger partial charge in [-0.15, -0.1) is 6.42 Å². The minimum Gasteiger partial charge on any atom is -0.495 e. The largest absolute Gasteiger partial charge is 0.495 e. The summed E-state index contributed by atoms with van der Waals surface area (Å²) >= 11 is 0. The Morgan fingerprint density at radius 2 is 2.04 bits per heavy atom. The molecule has 0 aliphatic carbocycles. The Morgan fingerprint density at radius 3 is 2.54 bits per heavy atom. The molecule has 0 unspecified atom stereocenters. The summed E-state index contributed by atoms with van der Waals surface area (Å²) in [6.45, 7) is 6.95. The minimum absolute atomic E-state index is 0.0150. The summed E-state index contributed by atoms with van der Waals surface area (Å²) in [6.07, 6.45) is 4.11. The van der Waals surface area contributed by atoms with E-state index in [9.17, 15) is 14.7 Å². The summed E-state index contributed by atoms with van der Waals surface area (Å²) in [7, 11) is 1.43. The first kappa shape index (κ1) is 21.3. The number of carbonyl (C=O) groups excluding carboxylic acids is 2. The van der Waals surface area contributed by atoms with Crippen molar-refractivity contribution in [1.82, 2.24) is 5.32 Å². The molecule has 0 radical (unpaired) electrons. The van der Waals surface area contributed by atoms with E-state index >= 15 is 0 Å². The van der Waals surface area contributed by atoms with Gasteiger partial charge in [0.15, 0.2) is 0 Å². The van der Waals surface area contributed by atoms with Gasteiger partial charge >= 0.3 is 6.09 Å². The number of methoxy groups -OCH3 is 1. The topological polar surface area (TPSA) is 88.1 Å². The molecule has 1 aromatic rings. The maximum atomic E-state index is 12.5. The second kappa shape index (κ2) is 9.11. The quantitative estimate of drug-likeness (QED) is 0.758. The van der Waals surface area contributed by atoms with Gasteiger partial charge in [0.2, 0.25) is 0 Å². The predicted molar refractivity (Wildman–Crippen MR) is 99.4 cm³/mol. The number of aliphatic hydroxyl groups is 1. The SMILES string of the molecule is C#CCN(C(=O)OC(C)(C)C)c1ccc(C(=O)NC[C@H](C)O)cc1OC. The lowest BCUT2D eigenvalue weighted by Crippen LogP contribution is -2.37. The van der Waals surface area contributed by atoms with Crippen LogP contribution in [0.2, 0.25) is 0 Å². The first-order valence-electron chi connectivity index (χ1n) is 8.17. The van der Waals surface area contributed by atoms with Gasteiger partial charge < -0.3 is 19.9 Å². The molecule has 1 rings (SSSR count). The van der Waals surface area contributed by atoms with E-state index in [1.807, 2.05) is 0 Å². The van der Waals surface area contributed by atoms with Crippen LogP contribution in [0.15, 0.2) is 18.2 Å². The molecule has 26 heavy (non-hydrogen) atoms. The van der Waals surface area contributed by atoms with Gasteiger partial charge in [0.1, 0.15) is 11.4 Å². The molecule has 0 bridgehead atoms. The van der Waals surface area contributed by atoms with Crippen LogP contribution in [0, 0.1) is 12.3 Å². The van der Waals surface area contributed by atoms with Crippen LogP contribution in [-0.2, 0) is 4.74 Å². The van der Waals surface area contributed by atoms with E-state index in [1.54, 1.807) is 39.8 Å². The van der Waals surface area contributed by atoms with Crippen molar-refractivity contribution >= 4 is 17.7 Å². The van der Waals surface area contributed by atoms with E-state index < -0.39 is 17.8 Å². The van der Waals surface area contributed by atoms with Gasteiger partial charge in [-0.2, -0.15) is 0 Å². The molecule has 7 nitrogen and oxygen atoms in total. The zero-order chi connectivity index (χ0) is 19.9. The summed E-state index contributed by atoms with van der Waals surface area (Å²) in [5, 5.41) is 11.9. The van der Waals surface area contributed by atoms with Gasteiger partial charge in [0.25, 0.3) is 5.91 Å². The van der Waals surface area contributed by atoms with E-state index in [-0.39, 0.29) is 19.0 Å². The van der Waals surface area contributed by atoms with Crippen molar-refractivity contribution in [3.05, 3.63) is 23.8 Å². The third-order valence-electron chi connectivity index (χ3n) is 3.15. The average molecular weight is 362 g/mol. The number of nitrogens with one attached hydrogen (secondary N) is 1. The number of ether oxygens (including phenoxy) is 2. The number of hydrogen-bond acceptors (Lipinski definition) is 5. The minimum atomic E-state index is -0.683. The number of anilines is 1. The fourth-order valence-corrected chi connectivity index (χ4v) is 2.04. The van der Waals surface area contributed by atoms with E-state index in [0.717, 1.165) is 0 Å². The van der Waals surface area contributed by atoms with Crippen LogP contribution in [-0.4, -0.2) is 49.0 Å². The number of rotatable bonds is 6. The van der Waals surface area contributed by atoms with Crippen LogP contribution in [0.5, 0.6) is 5.75 Å². The number of terminal acetylenes is 1. The molecular formula is C19H26N2O5. The summed E-state index contributed by atoms with van der Waals surface area (Å²) < 4.78 is 10.7. The number of carbonyl (C=O) groups is 2. The van der Waals surface area contributed by atoms with Gasteiger partial charge in [-0.3, -0.25) is 9.69 Å². The third-order valence-corrected chi connectivity index (χ3v) is 3.15. The lowest BCUT2D eigenvalue weighted by molar-refractivity contribution is 0.0584. The van der Waals surface area contributed by atoms with Crippen molar-refractivity contribution in [1.29, 1.82) is 0 Å². The summed E-state index contributed by atoms with van der Waals surface area (Å²) in [5.74, 6) is 2.35. The summed E-state index contributed by atoms with van der Waals surface area (Å²) in [6, 6.07) is 4.61. The van der Waals surface area contributed by atoms with Gasteiger partial charge in [0.05, 0.1) is 25.4 Å². The van der Waals surface area contributed by atoms with Gasteiger partial charge in [0, 0.05) is 12.1 Å². The molecule has 2 amide bonds. The van der Waals surface area contributed by atoms with Gasteiger partial charge in [-0.25, -0.2) is 4.79 Å². The lowest BCUT2D eigenvalue weighted by Gasteiger charge is -2.27. The fraction of sp³-hybridized carbons (Fsp3) is 0.474. The standard InChI is InChI=1S/C19H26N2O5/c1-7-10-21(18(24)26-19(3,4)5)15-9-8-14(11-16(15)25-6)17(23)20-12-13(2)22/h1,8-9,11,13,22H,10,12H2,2-6H3,(H,20,23)/t13-/m0/s1. The van der Waals surface area contributed by atoms with Crippen molar-refractivity contribution in [2.45, 2.75) is 39.4 Å². The monoisotopic (exact) mass is 362 g/mol. The Morgan fingerprint density at radius 1 is 1.38 bits per heavy atom. The zero-order valence-electron chi connectivity index (χ0n) is 15.8. The number of aliphatic hydroxyl groups excluding tert-OH is 1. The van der Waals surface area contributed by atoms with Crippen molar-refractivity contribution in [3.8, 4) is 18.1 Å². The Labute approximate surface area is 154 Å². The third kappa shape index (κ3) is 6.30. The summed E-state index contributed by atoms with van der Waals surface area (Å²) in [4.78, 5) is 25.9. The van der Waals surface area contributed by atoms with Crippen LogP contribution in [0.1, 0.15) is 38.1 Å². The highest BCUT2D eigenvalue weighted by Gasteiger charge is 2.25. The van der Waals surface area contributed by atoms with Crippen molar-refractivity contribution < 1.29 is 24.2 Å². The zero-order valence-corrected chi connectivity index (χ0v) is 15.8. The molecule has 1 aromatic carbocycles. The number of benzene rings is 1. The highest BCUT2D eigenvalue weighted by Crippen LogP contribution is 2.30. The lowest BCUT2D eigenvalue weighted by atomic mass is 10.1. The smallest absolute Gasteiger partial charge is 0.415 e. The number of amides is 2. The summed E-state index contributed by atoms with van der Waals surface area (Å²) in [5.41, 5.74) is 0.0423. The maximum absolute atomic E-state index is 12.5. The molecule has 1 atom stereocenters. The molecule has 0 aliphatic rings. The van der Waals surface area contributed by atoms with Crippen molar-refractivity contribution in [2.24, 2.45) is 0 Å². The van der Waals surface area contributed by atoms with Crippen LogP contribution < -0.4 is 15.0 Å². The first-order valence-corrected chi connectivity index (χ1v) is 8.17. The molecule has 0 aliphatic heterocycles. The molecule has 0 fully saturated rings. The van der Waals surface area contributed by atoms with E-state index in [2.05, 4.69) is 11.2 Å². The van der Waals surface area contributed by atoms with Crippen LogP contribution in [0.3, 0.4) is 0 Å². The van der Waals surface area contributed by atoms with E-state index in [1.165, 1.54) is 18.1 Å². The predicted octanol–water partition coefficient (Wildman–Crippen LogP) is 2.18. The normalized spacial score (nSPS) is 11.9. The number of nitrogens with zero attached hydrogens (tertiary/aromatic N) is 1. The van der Waals surface area contributed by atoms with Crippen LogP contribution >= 0.6 is 0 Å².